The molecule has 0 spiro atoms. The molecule has 0 aliphatic heterocycles. The Morgan fingerprint density at radius 3 is 2.39 bits per heavy atom. The molecule has 0 heterocycles. The Bertz CT molecular complexity index is 862. The van der Waals surface area contributed by atoms with Crippen LogP contribution in [0.4, 0.5) is 0 Å². The van der Waals surface area contributed by atoms with E-state index in [2.05, 4.69) is 54.5 Å². The molecule has 3 nitrogen and oxygen atoms in total. The van der Waals surface area contributed by atoms with Crippen molar-refractivity contribution >= 4 is 5.78 Å². The number of rotatable bonds is 5. The van der Waals surface area contributed by atoms with Gasteiger partial charge in [0.15, 0.2) is 0 Å². The molecule has 4 aliphatic rings. The molecule has 0 aromatic heterocycles. The van der Waals surface area contributed by atoms with Gasteiger partial charge in [0.2, 0.25) is 0 Å². The van der Waals surface area contributed by atoms with Crippen molar-refractivity contribution in [2.24, 2.45) is 39.4 Å². The second kappa shape index (κ2) is 8.33. The number of carbonyl (C=O) groups excluding carboxylic acids is 1. The zero-order valence-electron chi connectivity index (χ0n) is 22.3. The molecule has 1 unspecified atom stereocenters. The number of allylic oxidation sites excluding steroid dienone is 4. The predicted octanol–water partition coefficient (Wildman–Crippen LogP) is 6.63. The van der Waals surface area contributed by atoms with Crippen molar-refractivity contribution in [2.45, 2.75) is 112 Å². The van der Waals surface area contributed by atoms with E-state index in [1.165, 1.54) is 5.57 Å². The van der Waals surface area contributed by atoms with Crippen molar-refractivity contribution in [1.29, 1.82) is 0 Å². The molecule has 2 N–H and O–H groups in total. The van der Waals surface area contributed by atoms with E-state index in [-0.39, 0.29) is 46.2 Å². The SMILES string of the molecule is CC(C)=CCC[C@@H](CO)[C@H]1[C@H](O)C[C@@]2(C)C3=C(CC[C@]12C)[C@@]1(C)CCC(=O)C(C)(C)C1CC3. The van der Waals surface area contributed by atoms with Gasteiger partial charge in [-0.3, -0.25) is 4.79 Å². The molecule has 0 amide bonds. The van der Waals surface area contributed by atoms with Crippen LogP contribution in [-0.2, 0) is 4.79 Å². The number of aliphatic hydroxyl groups is 2. The van der Waals surface area contributed by atoms with E-state index in [9.17, 15) is 15.0 Å². The summed E-state index contributed by atoms with van der Waals surface area (Å²) in [5.41, 5.74) is 4.43. The largest absolute Gasteiger partial charge is 0.396 e. The molecular weight excluding hydrogens is 408 g/mol. The molecule has 4 aliphatic carbocycles. The van der Waals surface area contributed by atoms with Gasteiger partial charge < -0.3 is 10.2 Å². The lowest BCUT2D eigenvalue weighted by atomic mass is 9.43. The minimum absolute atomic E-state index is 0.00677. The van der Waals surface area contributed by atoms with Gasteiger partial charge in [0.05, 0.1) is 6.10 Å². The Morgan fingerprint density at radius 2 is 1.76 bits per heavy atom. The standard InChI is InChI=1S/C30H48O3/c1-19(2)9-8-10-20(18-31)26-23(32)17-30(7)22-11-12-24-27(3,4)25(33)14-15-28(24,5)21(22)13-16-29(26,30)6/h9,20,23-24,26,31-32H,8,10-18H2,1-7H3/t20-,23+,24?,26-,28+,29+,30-/m0/s1. The Hall–Kier alpha value is -0.930. The number of hydrogen-bond donors (Lipinski definition) is 2. The van der Waals surface area contributed by atoms with Crippen molar-refractivity contribution in [3.63, 3.8) is 0 Å². The van der Waals surface area contributed by atoms with Crippen LogP contribution in [0.5, 0.6) is 0 Å². The van der Waals surface area contributed by atoms with E-state index < -0.39 is 0 Å². The molecule has 7 atom stereocenters. The minimum atomic E-state index is -0.356. The fourth-order valence-electron chi connectivity index (χ4n) is 9.40. The van der Waals surface area contributed by atoms with Gasteiger partial charge in [-0.25, -0.2) is 0 Å². The third-order valence-corrected chi connectivity index (χ3v) is 11.4. The van der Waals surface area contributed by atoms with Crippen molar-refractivity contribution in [1.82, 2.24) is 0 Å². The summed E-state index contributed by atoms with van der Waals surface area (Å²) >= 11 is 0. The maximum absolute atomic E-state index is 12.8. The summed E-state index contributed by atoms with van der Waals surface area (Å²) < 4.78 is 0. The number of carbonyl (C=O) groups is 1. The molecule has 33 heavy (non-hydrogen) atoms. The Morgan fingerprint density at radius 1 is 1.06 bits per heavy atom. The van der Waals surface area contributed by atoms with Crippen molar-refractivity contribution in [2.75, 3.05) is 6.61 Å². The topological polar surface area (TPSA) is 57.5 Å². The first-order valence-electron chi connectivity index (χ1n) is 13.5. The number of aliphatic hydroxyl groups excluding tert-OH is 2. The fourth-order valence-corrected chi connectivity index (χ4v) is 9.40. The summed E-state index contributed by atoms with van der Waals surface area (Å²) in [4.78, 5) is 12.8. The molecule has 2 saturated carbocycles. The smallest absolute Gasteiger partial charge is 0.138 e. The van der Waals surface area contributed by atoms with Crippen LogP contribution in [0.15, 0.2) is 22.8 Å². The first kappa shape index (κ1) is 25.2. The Kier molecular flexibility index (Phi) is 6.35. The van der Waals surface area contributed by atoms with E-state index in [0.717, 1.165) is 51.4 Å². The highest BCUT2D eigenvalue weighted by atomic mass is 16.3. The maximum Gasteiger partial charge on any atom is 0.138 e. The highest BCUT2D eigenvalue weighted by Crippen LogP contribution is 2.72. The summed E-state index contributed by atoms with van der Waals surface area (Å²) in [7, 11) is 0. The molecule has 2 fully saturated rings. The first-order valence-corrected chi connectivity index (χ1v) is 13.5. The summed E-state index contributed by atoms with van der Waals surface area (Å²) in [6.07, 6.45) is 10.7. The fraction of sp³-hybridized carbons (Fsp3) is 0.833. The molecule has 0 bridgehead atoms. The molecule has 4 rings (SSSR count). The lowest BCUT2D eigenvalue weighted by Crippen LogP contribution is -2.54. The van der Waals surface area contributed by atoms with Crippen LogP contribution >= 0.6 is 0 Å². The summed E-state index contributed by atoms with van der Waals surface area (Å²) in [6.45, 7) is 16.1. The quantitative estimate of drug-likeness (QED) is 0.456. The molecule has 0 radical (unpaired) electrons. The van der Waals surface area contributed by atoms with E-state index in [0.29, 0.717) is 18.1 Å². The Labute approximate surface area is 202 Å². The van der Waals surface area contributed by atoms with Crippen LogP contribution in [-0.4, -0.2) is 28.7 Å². The van der Waals surface area contributed by atoms with Crippen molar-refractivity contribution < 1.29 is 15.0 Å². The second-order valence-electron chi connectivity index (χ2n) is 13.5. The van der Waals surface area contributed by atoms with Crippen LogP contribution < -0.4 is 0 Å². The first-order chi connectivity index (χ1) is 15.3. The third-order valence-electron chi connectivity index (χ3n) is 11.4. The summed E-state index contributed by atoms with van der Waals surface area (Å²) in [5.74, 6) is 1.15. The zero-order valence-corrected chi connectivity index (χ0v) is 22.3. The molecule has 3 heteroatoms. The van der Waals surface area contributed by atoms with Gasteiger partial charge >= 0.3 is 0 Å². The number of ketones is 1. The number of Topliss-reactive ketones (excluding diaryl/α,β-unsaturated/α-hetero) is 1. The average molecular weight is 457 g/mol. The van der Waals surface area contributed by atoms with E-state index >= 15 is 0 Å². The zero-order chi connectivity index (χ0) is 24.4. The summed E-state index contributed by atoms with van der Waals surface area (Å²) in [6, 6.07) is 0. The number of hydrogen-bond acceptors (Lipinski definition) is 3. The van der Waals surface area contributed by atoms with E-state index in [1.54, 1.807) is 11.1 Å². The van der Waals surface area contributed by atoms with Gasteiger partial charge in [0, 0.05) is 18.4 Å². The van der Waals surface area contributed by atoms with Gasteiger partial charge in [0.25, 0.3) is 0 Å². The molecule has 0 aromatic rings. The van der Waals surface area contributed by atoms with Crippen LogP contribution in [0.25, 0.3) is 0 Å². The average Bonchev–Trinajstić information content (AvgIpc) is 2.94. The van der Waals surface area contributed by atoms with Crippen molar-refractivity contribution in [3.05, 3.63) is 22.8 Å². The van der Waals surface area contributed by atoms with Gasteiger partial charge in [-0.15, -0.1) is 0 Å². The minimum Gasteiger partial charge on any atom is -0.396 e. The maximum atomic E-state index is 12.8. The highest BCUT2D eigenvalue weighted by Gasteiger charge is 2.65. The van der Waals surface area contributed by atoms with E-state index in [1.807, 2.05) is 0 Å². The number of fused-ring (bicyclic) bond motifs is 4. The van der Waals surface area contributed by atoms with Gasteiger partial charge in [0.1, 0.15) is 5.78 Å². The van der Waals surface area contributed by atoms with Crippen LogP contribution in [0.3, 0.4) is 0 Å². The molecule has 0 saturated heterocycles. The van der Waals surface area contributed by atoms with Gasteiger partial charge in [-0.05, 0) is 99.2 Å². The molecular formula is C30H48O3. The second-order valence-corrected chi connectivity index (χ2v) is 13.5. The summed E-state index contributed by atoms with van der Waals surface area (Å²) in [5, 5.41) is 21.9. The highest BCUT2D eigenvalue weighted by molar-refractivity contribution is 5.85. The van der Waals surface area contributed by atoms with Crippen LogP contribution in [0, 0.1) is 39.4 Å². The van der Waals surface area contributed by atoms with Crippen LogP contribution in [0.2, 0.25) is 0 Å². The Balaban J connectivity index is 1.71. The van der Waals surface area contributed by atoms with Crippen molar-refractivity contribution in [3.8, 4) is 0 Å². The van der Waals surface area contributed by atoms with Gasteiger partial charge in [-0.1, -0.05) is 57.4 Å². The molecule has 0 aromatic carbocycles. The lowest BCUT2D eigenvalue weighted by Gasteiger charge is -2.60. The lowest BCUT2D eigenvalue weighted by molar-refractivity contribution is -0.139. The van der Waals surface area contributed by atoms with Crippen LogP contribution in [0.1, 0.15) is 106 Å². The monoisotopic (exact) mass is 456 g/mol. The predicted molar refractivity (Wildman–Crippen MR) is 135 cm³/mol. The van der Waals surface area contributed by atoms with E-state index in [4.69, 9.17) is 0 Å². The van der Waals surface area contributed by atoms with Gasteiger partial charge in [-0.2, -0.15) is 0 Å². The molecule has 186 valence electrons. The normalized spacial score (nSPS) is 42.9. The third kappa shape index (κ3) is 3.54.